The van der Waals surface area contributed by atoms with Gasteiger partial charge >= 0.3 is 6.18 Å². The zero-order chi connectivity index (χ0) is 28.0. The van der Waals surface area contributed by atoms with Gasteiger partial charge in [-0.1, -0.05) is 41.0 Å². The quantitative estimate of drug-likeness (QED) is 0.532. The first kappa shape index (κ1) is 29.1. The van der Waals surface area contributed by atoms with Crippen molar-refractivity contribution in [2.75, 3.05) is 6.54 Å². The molecular formula is C27H38F3N3O4. The van der Waals surface area contributed by atoms with E-state index < -0.39 is 53.6 Å². The summed E-state index contributed by atoms with van der Waals surface area (Å²) in [5.41, 5.74) is -1.38. The molecule has 1 saturated heterocycles. The van der Waals surface area contributed by atoms with Gasteiger partial charge in [0.2, 0.25) is 17.6 Å². The van der Waals surface area contributed by atoms with Crippen molar-refractivity contribution in [2.45, 2.75) is 104 Å². The Morgan fingerprint density at radius 2 is 1.78 bits per heavy atom. The standard InChI is InChI=1S/C27H38F3N3O4/c1-24(2,3)18(10-21(35)27(28,29)30)23(37)33-15-26(7-6-8-26)12-19(33)22(36)32-17(14-31)9-16-11-25(4,5)13-20(16)34/h16-19H,6-13,15H2,1-5H3,(H,32,36)/t16-,17+,18-,19+/m1/s1. The molecule has 10 heteroatoms. The third-order valence-electron chi connectivity index (χ3n) is 8.46. The van der Waals surface area contributed by atoms with Crippen LogP contribution in [0.1, 0.15) is 86.0 Å². The first-order valence-electron chi connectivity index (χ1n) is 13.0. The third-order valence-corrected chi connectivity index (χ3v) is 8.46. The highest BCUT2D eigenvalue weighted by atomic mass is 19.4. The molecule has 4 atom stereocenters. The molecule has 0 unspecified atom stereocenters. The second-order valence-corrected chi connectivity index (χ2v) is 13.2. The third kappa shape index (κ3) is 6.53. The number of nitrogens with zero attached hydrogens (tertiary/aromatic N) is 2. The fourth-order valence-corrected chi connectivity index (χ4v) is 6.21. The van der Waals surface area contributed by atoms with E-state index in [0.717, 1.165) is 19.3 Å². The van der Waals surface area contributed by atoms with Crippen LogP contribution in [0.2, 0.25) is 0 Å². The van der Waals surface area contributed by atoms with Crippen LogP contribution in [0.5, 0.6) is 0 Å². The Bertz CT molecular complexity index is 988. The van der Waals surface area contributed by atoms with Crippen LogP contribution in [0, 0.1) is 39.4 Å². The van der Waals surface area contributed by atoms with Gasteiger partial charge in [-0.3, -0.25) is 19.2 Å². The molecule has 0 aromatic heterocycles. The summed E-state index contributed by atoms with van der Waals surface area (Å²) in [5, 5.41) is 12.4. The second-order valence-electron chi connectivity index (χ2n) is 13.2. The lowest BCUT2D eigenvalue weighted by Gasteiger charge is -2.39. The van der Waals surface area contributed by atoms with E-state index in [4.69, 9.17) is 0 Å². The molecule has 0 radical (unpaired) electrons. The van der Waals surface area contributed by atoms with Crippen LogP contribution in [0.3, 0.4) is 0 Å². The fourth-order valence-electron chi connectivity index (χ4n) is 6.21. The van der Waals surface area contributed by atoms with Crippen molar-refractivity contribution in [2.24, 2.45) is 28.1 Å². The largest absolute Gasteiger partial charge is 0.449 e. The van der Waals surface area contributed by atoms with E-state index in [-0.39, 0.29) is 35.5 Å². The van der Waals surface area contributed by atoms with Gasteiger partial charge in [-0.2, -0.15) is 18.4 Å². The highest BCUT2D eigenvalue weighted by Gasteiger charge is 2.54. The number of hydrogen-bond donors (Lipinski definition) is 1. The number of carbonyl (C=O) groups excluding carboxylic acids is 4. The van der Waals surface area contributed by atoms with Gasteiger partial charge in [-0.05, 0) is 48.3 Å². The number of ketones is 2. The Morgan fingerprint density at radius 1 is 1.16 bits per heavy atom. The summed E-state index contributed by atoms with van der Waals surface area (Å²) in [7, 11) is 0. The molecule has 0 bridgehead atoms. The minimum Gasteiger partial charge on any atom is -0.339 e. The highest BCUT2D eigenvalue weighted by Crippen LogP contribution is 2.51. The SMILES string of the molecule is CC1(C)CC(=O)[C@H](C[C@@H](C#N)NC(=O)[C@@H]2CC3(CCC3)CN2C(=O)[C@@H](CC(=O)C(F)(F)F)C(C)(C)C)C1. The molecule has 2 saturated carbocycles. The van der Waals surface area contributed by atoms with Crippen molar-refractivity contribution >= 4 is 23.4 Å². The second kappa shape index (κ2) is 10.0. The lowest BCUT2D eigenvalue weighted by molar-refractivity contribution is -0.174. The number of rotatable bonds is 7. The normalized spacial score (nSPS) is 26.4. The van der Waals surface area contributed by atoms with Gasteiger partial charge in [0.25, 0.3) is 0 Å². The summed E-state index contributed by atoms with van der Waals surface area (Å²) in [6.07, 6.45) is -1.91. The zero-order valence-electron chi connectivity index (χ0n) is 22.3. The smallest absolute Gasteiger partial charge is 0.339 e. The maximum atomic E-state index is 13.7. The van der Waals surface area contributed by atoms with Crippen molar-refractivity contribution in [3.8, 4) is 6.07 Å². The summed E-state index contributed by atoms with van der Waals surface area (Å²) < 4.78 is 39.2. The molecule has 1 N–H and O–H groups in total. The summed E-state index contributed by atoms with van der Waals surface area (Å²) in [5.74, 6) is -4.67. The van der Waals surface area contributed by atoms with Crippen LogP contribution in [0.4, 0.5) is 13.2 Å². The van der Waals surface area contributed by atoms with Gasteiger partial charge in [-0.15, -0.1) is 0 Å². The van der Waals surface area contributed by atoms with Crippen molar-refractivity contribution in [3.05, 3.63) is 0 Å². The number of Topliss-reactive ketones (excluding diaryl/α,β-unsaturated/α-hetero) is 2. The molecule has 7 nitrogen and oxygen atoms in total. The van der Waals surface area contributed by atoms with Gasteiger partial charge in [0.05, 0.1) is 12.0 Å². The molecule has 206 valence electrons. The summed E-state index contributed by atoms with van der Waals surface area (Å²) >= 11 is 0. The monoisotopic (exact) mass is 525 g/mol. The van der Waals surface area contributed by atoms with E-state index in [9.17, 15) is 37.6 Å². The van der Waals surface area contributed by atoms with Crippen LogP contribution in [-0.2, 0) is 19.2 Å². The molecule has 0 aromatic rings. The molecule has 1 heterocycles. The van der Waals surface area contributed by atoms with Crippen LogP contribution in [0.15, 0.2) is 0 Å². The molecular weight excluding hydrogens is 487 g/mol. The van der Waals surface area contributed by atoms with E-state index in [1.165, 1.54) is 4.90 Å². The number of nitrogens with one attached hydrogen (secondary N) is 1. The van der Waals surface area contributed by atoms with Crippen LogP contribution in [0.25, 0.3) is 0 Å². The summed E-state index contributed by atoms with van der Waals surface area (Å²) in [6.45, 7) is 9.03. The average Bonchev–Trinajstić information content (AvgIpc) is 3.26. The molecule has 3 rings (SSSR count). The maximum Gasteiger partial charge on any atom is 0.449 e. The van der Waals surface area contributed by atoms with E-state index in [1.807, 2.05) is 13.8 Å². The maximum absolute atomic E-state index is 13.7. The van der Waals surface area contributed by atoms with E-state index in [2.05, 4.69) is 11.4 Å². The minimum absolute atomic E-state index is 0.0629. The van der Waals surface area contributed by atoms with E-state index in [1.54, 1.807) is 20.8 Å². The molecule has 2 aliphatic carbocycles. The van der Waals surface area contributed by atoms with Crippen molar-refractivity contribution in [1.29, 1.82) is 5.26 Å². The Balaban J connectivity index is 1.79. The first-order valence-corrected chi connectivity index (χ1v) is 13.0. The molecule has 37 heavy (non-hydrogen) atoms. The van der Waals surface area contributed by atoms with E-state index in [0.29, 0.717) is 19.3 Å². The highest BCUT2D eigenvalue weighted by molar-refractivity contribution is 5.93. The molecule has 3 aliphatic rings. The number of halogens is 3. The number of carbonyl (C=O) groups is 4. The molecule has 1 spiro atoms. The van der Waals surface area contributed by atoms with Crippen LogP contribution >= 0.6 is 0 Å². The molecule has 1 aliphatic heterocycles. The van der Waals surface area contributed by atoms with Gasteiger partial charge in [0.1, 0.15) is 17.9 Å². The van der Waals surface area contributed by atoms with Crippen LogP contribution in [-0.4, -0.2) is 53.1 Å². The molecule has 3 fully saturated rings. The number of amides is 2. The fraction of sp³-hybridized carbons (Fsp3) is 0.815. The number of likely N-dealkylation sites (tertiary alicyclic amines) is 1. The number of alkyl halides is 3. The molecule has 0 aromatic carbocycles. The van der Waals surface area contributed by atoms with Crippen molar-refractivity contribution in [1.82, 2.24) is 10.2 Å². The predicted molar refractivity (Wildman–Crippen MR) is 129 cm³/mol. The van der Waals surface area contributed by atoms with Gasteiger partial charge in [-0.25, -0.2) is 0 Å². The number of nitriles is 1. The first-order chi connectivity index (χ1) is 16.9. The van der Waals surface area contributed by atoms with Crippen molar-refractivity contribution < 1.29 is 32.3 Å². The topological polar surface area (TPSA) is 107 Å². The molecule has 2 amide bonds. The minimum atomic E-state index is -5.05. The Labute approximate surface area is 216 Å². The predicted octanol–water partition coefficient (Wildman–Crippen LogP) is 4.35. The zero-order valence-corrected chi connectivity index (χ0v) is 22.3. The summed E-state index contributed by atoms with van der Waals surface area (Å²) in [6, 6.07) is 0.196. The Kier molecular flexibility index (Phi) is 7.89. The van der Waals surface area contributed by atoms with E-state index >= 15 is 0 Å². The Morgan fingerprint density at radius 3 is 2.22 bits per heavy atom. The van der Waals surface area contributed by atoms with Crippen molar-refractivity contribution in [3.63, 3.8) is 0 Å². The van der Waals surface area contributed by atoms with Gasteiger partial charge < -0.3 is 10.2 Å². The lowest BCUT2D eigenvalue weighted by Crippen LogP contribution is -2.52. The lowest BCUT2D eigenvalue weighted by atomic mass is 9.67. The van der Waals surface area contributed by atoms with Gasteiger partial charge in [0.15, 0.2) is 0 Å². The van der Waals surface area contributed by atoms with Gasteiger partial charge in [0, 0.05) is 25.3 Å². The van der Waals surface area contributed by atoms with Crippen LogP contribution < -0.4 is 5.32 Å². The Hall–Kier alpha value is -2.44. The number of hydrogen-bond acceptors (Lipinski definition) is 5. The summed E-state index contributed by atoms with van der Waals surface area (Å²) in [4.78, 5) is 52.6. The average molecular weight is 526 g/mol.